The molecule has 1 unspecified atom stereocenters. The molecule has 0 bridgehead atoms. The van der Waals surface area contributed by atoms with Gasteiger partial charge in [0.05, 0.1) is 6.54 Å². The summed E-state index contributed by atoms with van der Waals surface area (Å²) in [6.45, 7) is -0.876. The average Bonchev–Trinajstić information content (AvgIpc) is 2.00. The summed E-state index contributed by atoms with van der Waals surface area (Å²) in [7, 11) is 0. The second-order valence-corrected chi connectivity index (χ2v) is 2.45. The first-order chi connectivity index (χ1) is 5.39. The van der Waals surface area contributed by atoms with Gasteiger partial charge in [-0.2, -0.15) is 0 Å². The van der Waals surface area contributed by atoms with Gasteiger partial charge in [-0.05, 0) is 6.92 Å². The highest BCUT2D eigenvalue weighted by atomic mass is 19.3. The third-order valence-corrected chi connectivity index (χ3v) is 1.27. The zero-order chi connectivity index (χ0) is 9.78. The molecule has 0 amide bonds. The van der Waals surface area contributed by atoms with Crippen LogP contribution in [0.15, 0.2) is 0 Å². The molecule has 0 rings (SSSR count). The van der Waals surface area contributed by atoms with E-state index in [2.05, 4.69) is 5.32 Å². The third-order valence-electron chi connectivity index (χ3n) is 1.27. The second kappa shape index (κ2) is 4.32. The highest BCUT2D eigenvalue weighted by Gasteiger charge is 2.28. The molecule has 0 radical (unpaired) electrons. The van der Waals surface area contributed by atoms with Crippen LogP contribution < -0.4 is 5.32 Å². The van der Waals surface area contributed by atoms with Crippen LogP contribution in [0, 0.1) is 0 Å². The smallest absolute Gasteiger partial charge is 0.320 e. The van der Waals surface area contributed by atoms with E-state index in [4.69, 9.17) is 10.2 Å². The summed E-state index contributed by atoms with van der Waals surface area (Å²) in [5.74, 6) is -4.47. The maximum absolute atomic E-state index is 12.3. The monoisotopic (exact) mass is 183 g/mol. The second-order valence-electron chi connectivity index (χ2n) is 2.45. The Morgan fingerprint density at radius 2 is 2.17 bits per heavy atom. The van der Waals surface area contributed by atoms with Crippen LogP contribution in [0.2, 0.25) is 0 Å². The molecular formula is C6H11F2NO3. The van der Waals surface area contributed by atoms with E-state index in [1.807, 2.05) is 0 Å². The van der Waals surface area contributed by atoms with Gasteiger partial charge in [0, 0.05) is 0 Å². The zero-order valence-corrected chi connectivity index (χ0v) is 6.55. The van der Waals surface area contributed by atoms with Crippen LogP contribution >= 0.6 is 0 Å². The number of alkyl halides is 2. The molecule has 0 aliphatic carbocycles. The van der Waals surface area contributed by atoms with Gasteiger partial charge < -0.3 is 10.2 Å². The van der Waals surface area contributed by atoms with Crippen LogP contribution in [0.3, 0.4) is 0 Å². The molecule has 0 saturated carbocycles. The van der Waals surface area contributed by atoms with Crippen LogP contribution in [0.1, 0.15) is 6.92 Å². The highest BCUT2D eigenvalue weighted by Crippen LogP contribution is 2.09. The fourth-order valence-electron chi connectivity index (χ4n) is 0.446. The SMILES string of the molecule is CC(NCC(F)(F)CO)C(=O)O. The molecule has 0 spiro atoms. The summed E-state index contributed by atoms with van der Waals surface area (Å²) >= 11 is 0. The van der Waals surface area contributed by atoms with Crippen molar-refractivity contribution in [3.8, 4) is 0 Å². The van der Waals surface area contributed by atoms with Gasteiger partial charge in [-0.15, -0.1) is 0 Å². The lowest BCUT2D eigenvalue weighted by molar-refractivity contribution is -0.139. The molecule has 6 heteroatoms. The van der Waals surface area contributed by atoms with Gasteiger partial charge in [0.15, 0.2) is 0 Å². The summed E-state index contributed by atoms with van der Waals surface area (Å²) in [4.78, 5) is 10.1. The lowest BCUT2D eigenvalue weighted by Gasteiger charge is -2.15. The van der Waals surface area contributed by atoms with Gasteiger partial charge in [0.25, 0.3) is 5.92 Å². The van der Waals surface area contributed by atoms with Crippen molar-refractivity contribution in [3.05, 3.63) is 0 Å². The molecule has 0 aliphatic rings. The lowest BCUT2D eigenvalue weighted by atomic mass is 10.3. The van der Waals surface area contributed by atoms with Crippen LogP contribution in [0.25, 0.3) is 0 Å². The number of halogens is 2. The number of aliphatic carboxylic acids is 1. The predicted molar refractivity (Wildman–Crippen MR) is 37.1 cm³/mol. The zero-order valence-electron chi connectivity index (χ0n) is 6.55. The minimum Gasteiger partial charge on any atom is -0.480 e. The summed E-state index contributed by atoms with van der Waals surface area (Å²) < 4.78 is 24.5. The number of hydrogen-bond acceptors (Lipinski definition) is 3. The summed E-state index contributed by atoms with van der Waals surface area (Å²) in [6.07, 6.45) is 0. The van der Waals surface area contributed by atoms with E-state index in [0.717, 1.165) is 0 Å². The van der Waals surface area contributed by atoms with Crippen molar-refractivity contribution in [2.24, 2.45) is 0 Å². The number of carbonyl (C=O) groups is 1. The molecule has 0 heterocycles. The quantitative estimate of drug-likeness (QED) is 0.546. The Morgan fingerprint density at radius 1 is 1.67 bits per heavy atom. The number of carboxylic acid groups (broad SMARTS) is 1. The molecule has 0 aliphatic heterocycles. The van der Waals surface area contributed by atoms with Gasteiger partial charge >= 0.3 is 5.97 Å². The van der Waals surface area contributed by atoms with Crippen LogP contribution in [-0.2, 0) is 4.79 Å². The molecule has 4 nitrogen and oxygen atoms in total. The number of rotatable bonds is 5. The Kier molecular flexibility index (Phi) is 4.05. The molecule has 0 aromatic carbocycles. The van der Waals surface area contributed by atoms with E-state index in [0.29, 0.717) is 0 Å². The maximum Gasteiger partial charge on any atom is 0.320 e. The van der Waals surface area contributed by atoms with E-state index in [-0.39, 0.29) is 0 Å². The highest BCUT2D eigenvalue weighted by molar-refractivity contribution is 5.72. The van der Waals surface area contributed by atoms with Gasteiger partial charge in [0.2, 0.25) is 0 Å². The van der Waals surface area contributed by atoms with Crippen molar-refractivity contribution in [1.29, 1.82) is 0 Å². The first kappa shape index (κ1) is 11.2. The molecule has 0 aromatic heterocycles. The largest absolute Gasteiger partial charge is 0.480 e. The van der Waals surface area contributed by atoms with Crippen LogP contribution in [-0.4, -0.2) is 41.3 Å². The van der Waals surface area contributed by atoms with Crippen molar-refractivity contribution in [2.45, 2.75) is 18.9 Å². The van der Waals surface area contributed by atoms with Crippen LogP contribution in [0.4, 0.5) is 8.78 Å². The number of aliphatic hydroxyl groups is 1. The van der Waals surface area contributed by atoms with E-state index in [1.54, 1.807) is 0 Å². The lowest BCUT2D eigenvalue weighted by Crippen LogP contribution is -2.43. The van der Waals surface area contributed by atoms with Gasteiger partial charge in [-0.1, -0.05) is 0 Å². The molecule has 3 N–H and O–H groups in total. The van der Waals surface area contributed by atoms with Crippen molar-refractivity contribution in [1.82, 2.24) is 5.32 Å². The maximum atomic E-state index is 12.3. The normalized spacial score (nSPS) is 14.3. The Bertz CT molecular complexity index is 163. The van der Waals surface area contributed by atoms with E-state index >= 15 is 0 Å². The number of aliphatic hydroxyl groups excluding tert-OH is 1. The number of nitrogens with one attached hydrogen (secondary N) is 1. The molecular weight excluding hydrogens is 172 g/mol. The summed E-state index contributed by atoms with van der Waals surface area (Å²) in [5.41, 5.74) is 0. The molecule has 0 saturated heterocycles. The van der Waals surface area contributed by atoms with Crippen molar-refractivity contribution >= 4 is 5.97 Å². The molecule has 0 aromatic rings. The molecule has 12 heavy (non-hydrogen) atoms. The molecule has 1 atom stereocenters. The van der Waals surface area contributed by atoms with Crippen molar-refractivity contribution in [2.75, 3.05) is 13.2 Å². The Labute approximate surface area is 68.2 Å². The fourth-order valence-corrected chi connectivity index (χ4v) is 0.446. The minimum absolute atomic E-state index is 0.836. The topological polar surface area (TPSA) is 69.6 Å². The number of hydrogen-bond donors (Lipinski definition) is 3. The summed E-state index contributed by atoms with van der Waals surface area (Å²) in [6, 6.07) is -1.04. The number of carboxylic acids is 1. The fraction of sp³-hybridized carbons (Fsp3) is 0.833. The Hall–Kier alpha value is -0.750. The van der Waals surface area contributed by atoms with E-state index in [1.165, 1.54) is 6.92 Å². The third kappa shape index (κ3) is 4.20. The molecule has 0 fully saturated rings. The van der Waals surface area contributed by atoms with Crippen molar-refractivity contribution < 1.29 is 23.8 Å². The van der Waals surface area contributed by atoms with Gasteiger partial charge in [0.1, 0.15) is 12.6 Å². The minimum atomic E-state index is -3.26. The van der Waals surface area contributed by atoms with E-state index < -0.39 is 31.1 Å². The summed E-state index contributed by atoms with van der Waals surface area (Å²) in [5, 5.41) is 18.5. The van der Waals surface area contributed by atoms with Crippen LogP contribution in [0.5, 0.6) is 0 Å². The first-order valence-corrected chi connectivity index (χ1v) is 3.34. The average molecular weight is 183 g/mol. The molecule has 72 valence electrons. The van der Waals surface area contributed by atoms with Gasteiger partial charge in [-0.25, -0.2) is 8.78 Å². The Morgan fingerprint density at radius 3 is 2.50 bits per heavy atom. The standard InChI is InChI=1S/C6H11F2NO3/c1-4(5(11)12)9-2-6(7,8)3-10/h4,9-10H,2-3H2,1H3,(H,11,12). The Balaban J connectivity index is 3.75. The first-order valence-electron chi connectivity index (χ1n) is 3.34. The van der Waals surface area contributed by atoms with Crippen molar-refractivity contribution in [3.63, 3.8) is 0 Å². The van der Waals surface area contributed by atoms with E-state index in [9.17, 15) is 13.6 Å². The van der Waals surface area contributed by atoms with Gasteiger partial charge in [-0.3, -0.25) is 10.1 Å². The predicted octanol–water partition coefficient (Wildman–Crippen LogP) is -0.323.